The van der Waals surface area contributed by atoms with E-state index < -0.39 is 16.1 Å². The van der Waals surface area contributed by atoms with Crippen molar-refractivity contribution in [3.8, 4) is 11.5 Å². The van der Waals surface area contributed by atoms with Gasteiger partial charge in [-0.15, -0.1) is 0 Å². The maximum absolute atomic E-state index is 13.1. The van der Waals surface area contributed by atoms with Crippen molar-refractivity contribution in [1.29, 1.82) is 0 Å². The van der Waals surface area contributed by atoms with Crippen LogP contribution in [0.5, 0.6) is 11.5 Å². The van der Waals surface area contributed by atoms with E-state index in [1.165, 1.54) is 12.1 Å². The van der Waals surface area contributed by atoms with Crippen LogP contribution in [0.25, 0.3) is 0 Å². The quantitative estimate of drug-likeness (QED) is 0.747. The first kappa shape index (κ1) is 21.1. The summed E-state index contributed by atoms with van der Waals surface area (Å²) in [5.41, 5.74) is 0.937. The number of ether oxygens (including phenoxy) is 2. The topological polar surface area (TPSA) is 84.9 Å². The zero-order chi connectivity index (χ0) is 21.0. The first-order valence-electron chi connectivity index (χ1n) is 9.47. The van der Waals surface area contributed by atoms with Crippen molar-refractivity contribution in [3.05, 3.63) is 54.1 Å². The smallest absolute Gasteiger partial charge is 0.241 e. The van der Waals surface area contributed by atoms with Crippen LogP contribution in [0.1, 0.15) is 31.4 Å². The third-order valence-corrected chi connectivity index (χ3v) is 6.64. The number of likely N-dealkylation sites (tertiary alicyclic amines) is 1. The molecule has 2 aromatic rings. The normalized spacial score (nSPS) is 17.8. The fourth-order valence-electron chi connectivity index (χ4n) is 3.64. The van der Waals surface area contributed by atoms with Crippen molar-refractivity contribution in [3.63, 3.8) is 0 Å². The molecule has 1 heterocycles. The van der Waals surface area contributed by atoms with Gasteiger partial charge in [0, 0.05) is 6.54 Å². The number of carbonyl (C=O) groups is 1. The van der Waals surface area contributed by atoms with Crippen LogP contribution in [-0.4, -0.2) is 46.0 Å². The van der Waals surface area contributed by atoms with E-state index >= 15 is 0 Å². The molecule has 0 radical (unpaired) electrons. The van der Waals surface area contributed by atoms with Crippen molar-refractivity contribution < 1.29 is 22.7 Å². The van der Waals surface area contributed by atoms with Gasteiger partial charge < -0.3 is 14.4 Å². The van der Waals surface area contributed by atoms with Gasteiger partial charge in [-0.25, -0.2) is 8.42 Å². The Morgan fingerprint density at radius 1 is 1.10 bits per heavy atom. The van der Waals surface area contributed by atoms with Crippen molar-refractivity contribution in [2.45, 2.75) is 36.7 Å². The number of rotatable bonds is 7. The largest absolute Gasteiger partial charge is 0.493 e. The molecule has 3 rings (SSSR count). The van der Waals surface area contributed by atoms with Gasteiger partial charge in [0.1, 0.15) is 0 Å². The summed E-state index contributed by atoms with van der Waals surface area (Å²) in [5.74, 6) is 0.972. The summed E-state index contributed by atoms with van der Waals surface area (Å²) in [6.07, 6.45) is 1.66. The molecule has 1 N–H and O–H groups in total. The lowest BCUT2D eigenvalue weighted by Gasteiger charge is -2.28. The number of hydrogen-bond donors (Lipinski definition) is 1. The van der Waals surface area contributed by atoms with Gasteiger partial charge in [0.2, 0.25) is 15.9 Å². The number of methoxy groups -OCH3 is 2. The molecular formula is C21H26N2O5S. The van der Waals surface area contributed by atoms with E-state index in [0.717, 1.165) is 18.4 Å². The molecule has 1 aliphatic heterocycles. The third-order valence-electron chi connectivity index (χ3n) is 5.08. The molecule has 0 spiro atoms. The van der Waals surface area contributed by atoms with E-state index in [9.17, 15) is 13.2 Å². The molecule has 2 atom stereocenters. The summed E-state index contributed by atoms with van der Waals surface area (Å²) in [4.78, 5) is 14.9. The van der Waals surface area contributed by atoms with E-state index in [1.54, 1.807) is 44.2 Å². The number of benzene rings is 2. The van der Waals surface area contributed by atoms with Crippen LogP contribution < -0.4 is 14.2 Å². The van der Waals surface area contributed by atoms with Crippen LogP contribution in [0.15, 0.2) is 53.4 Å². The first-order valence-corrected chi connectivity index (χ1v) is 11.0. The lowest BCUT2D eigenvalue weighted by Crippen LogP contribution is -2.46. The molecule has 0 aliphatic carbocycles. The number of nitrogens with zero attached hydrogens (tertiary/aromatic N) is 1. The summed E-state index contributed by atoms with van der Waals surface area (Å²) in [7, 11) is -0.628. The van der Waals surface area contributed by atoms with Gasteiger partial charge in [-0.3, -0.25) is 4.79 Å². The Bertz CT molecular complexity index is 962. The minimum Gasteiger partial charge on any atom is -0.493 e. The zero-order valence-corrected chi connectivity index (χ0v) is 17.6. The van der Waals surface area contributed by atoms with Crippen molar-refractivity contribution in [2.75, 3.05) is 20.8 Å². The average Bonchev–Trinajstić information content (AvgIpc) is 3.22. The summed E-state index contributed by atoms with van der Waals surface area (Å²) < 4.78 is 38.3. The van der Waals surface area contributed by atoms with E-state index in [-0.39, 0.29) is 16.8 Å². The highest BCUT2D eigenvalue weighted by Crippen LogP contribution is 2.37. The number of hydrogen-bond acceptors (Lipinski definition) is 5. The Morgan fingerprint density at radius 3 is 2.45 bits per heavy atom. The molecule has 156 valence electrons. The number of amides is 1. The molecule has 0 aromatic heterocycles. The van der Waals surface area contributed by atoms with E-state index in [2.05, 4.69) is 4.72 Å². The minimum absolute atomic E-state index is 0.133. The van der Waals surface area contributed by atoms with Gasteiger partial charge in [0.05, 0.1) is 31.2 Å². The Labute approximate surface area is 171 Å². The third kappa shape index (κ3) is 4.54. The fourth-order valence-corrected chi connectivity index (χ4v) is 4.85. The minimum atomic E-state index is -3.77. The molecule has 0 saturated carbocycles. The number of carbonyl (C=O) groups excluding carboxylic acids is 1. The van der Waals surface area contributed by atoms with Gasteiger partial charge in [0.25, 0.3) is 0 Å². The van der Waals surface area contributed by atoms with Gasteiger partial charge in [-0.1, -0.05) is 24.3 Å². The monoisotopic (exact) mass is 418 g/mol. The van der Waals surface area contributed by atoms with Gasteiger partial charge in [-0.05, 0) is 49.6 Å². The average molecular weight is 419 g/mol. The highest BCUT2D eigenvalue weighted by Gasteiger charge is 2.34. The van der Waals surface area contributed by atoms with Crippen molar-refractivity contribution >= 4 is 15.9 Å². The summed E-state index contributed by atoms with van der Waals surface area (Å²) in [6, 6.07) is 12.6. The number of nitrogens with one attached hydrogen (secondary N) is 1. The predicted molar refractivity (Wildman–Crippen MR) is 109 cm³/mol. The van der Waals surface area contributed by atoms with E-state index in [4.69, 9.17) is 9.47 Å². The molecular weight excluding hydrogens is 392 g/mol. The molecule has 8 heteroatoms. The first-order chi connectivity index (χ1) is 13.9. The molecule has 1 unspecified atom stereocenters. The van der Waals surface area contributed by atoms with Gasteiger partial charge in [0.15, 0.2) is 11.5 Å². The van der Waals surface area contributed by atoms with Crippen LogP contribution in [0.4, 0.5) is 0 Å². The Kier molecular flexibility index (Phi) is 6.44. The lowest BCUT2D eigenvalue weighted by atomic mass is 10.0. The maximum Gasteiger partial charge on any atom is 0.241 e. The molecule has 1 fully saturated rings. The van der Waals surface area contributed by atoms with Crippen LogP contribution >= 0.6 is 0 Å². The van der Waals surface area contributed by atoms with Gasteiger partial charge in [-0.2, -0.15) is 4.72 Å². The van der Waals surface area contributed by atoms with Gasteiger partial charge >= 0.3 is 0 Å². The van der Waals surface area contributed by atoms with Crippen LogP contribution in [0.3, 0.4) is 0 Å². The Hall–Kier alpha value is -2.58. The molecule has 0 bridgehead atoms. The molecule has 1 aliphatic rings. The standard InChI is InChI=1S/C21H26N2O5S/c1-15(22-29(25,26)17-8-5-4-6-9-17)21(24)23-13-7-10-18(23)16-11-12-19(27-2)20(14-16)28-3/h4-6,8-9,11-12,14-15,18,22H,7,10,13H2,1-3H3/t15-,18?/m0/s1. The summed E-state index contributed by atoms with van der Waals surface area (Å²) >= 11 is 0. The molecule has 1 amide bonds. The second-order valence-electron chi connectivity index (χ2n) is 6.96. The number of sulfonamides is 1. The van der Waals surface area contributed by atoms with Crippen LogP contribution in [-0.2, 0) is 14.8 Å². The lowest BCUT2D eigenvalue weighted by molar-refractivity contribution is -0.133. The molecule has 1 saturated heterocycles. The van der Waals surface area contributed by atoms with Crippen LogP contribution in [0, 0.1) is 0 Å². The Morgan fingerprint density at radius 2 is 1.79 bits per heavy atom. The van der Waals surface area contributed by atoms with Crippen molar-refractivity contribution in [1.82, 2.24) is 9.62 Å². The van der Waals surface area contributed by atoms with Crippen molar-refractivity contribution in [2.24, 2.45) is 0 Å². The van der Waals surface area contributed by atoms with E-state index in [1.807, 2.05) is 18.2 Å². The fraction of sp³-hybridized carbons (Fsp3) is 0.381. The maximum atomic E-state index is 13.1. The highest BCUT2D eigenvalue weighted by atomic mass is 32.2. The summed E-state index contributed by atoms with van der Waals surface area (Å²) in [6.45, 7) is 2.15. The van der Waals surface area contributed by atoms with Crippen LogP contribution in [0.2, 0.25) is 0 Å². The SMILES string of the molecule is COc1ccc(C2CCCN2C(=O)[C@H](C)NS(=O)(=O)c2ccccc2)cc1OC. The van der Waals surface area contributed by atoms with E-state index in [0.29, 0.717) is 18.0 Å². The molecule has 2 aromatic carbocycles. The molecule has 7 nitrogen and oxygen atoms in total. The predicted octanol–water partition coefficient (Wildman–Crippen LogP) is 2.73. The second kappa shape index (κ2) is 8.84. The Balaban J connectivity index is 1.78. The zero-order valence-electron chi connectivity index (χ0n) is 16.8. The molecule has 29 heavy (non-hydrogen) atoms. The summed E-state index contributed by atoms with van der Waals surface area (Å²) in [5, 5.41) is 0. The highest BCUT2D eigenvalue weighted by molar-refractivity contribution is 7.89. The second-order valence-corrected chi connectivity index (χ2v) is 8.67.